The molecule has 1 heterocycles. The van der Waals surface area contributed by atoms with E-state index in [1.54, 1.807) is 13.1 Å². The molecular formula is C6H6BrFN2. The highest BCUT2D eigenvalue weighted by Crippen LogP contribution is 2.13. The van der Waals surface area contributed by atoms with Crippen molar-refractivity contribution in [3.8, 4) is 0 Å². The summed E-state index contributed by atoms with van der Waals surface area (Å²) in [6, 6.07) is 2.90. The lowest BCUT2D eigenvalue weighted by Crippen LogP contribution is -1.95. The van der Waals surface area contributed by atoms with Crippen LogP contribution in [0.5, 0.6) is 0 Å². The van der Waals surface area contributed by atoms with E-state index < -0.39 is 0 Å². The summed E-state index contributed by atoms with van der Waals surface area (Å²) in [4.78, 5) is 3.82. The van der Waals surface area contributed by atoms with Gasteiger partial charge in [-0.05, 0) is 28.1 Å². The highest BCUT2D eigenvalue weighted by atomic mass is 79.9. The predicted molar refractivity (Wildman–Crippen MR) is 41.4 cm³/mol. The first-order valence-electron chi connectivity index (χ1n) is 2.74. The minimum absolute atomic E-state index is 0.259. The van der Waals surface area contributed by atoms with Gasteiger partial charge in [0.2, 0.25) is 0 Å². The van der Waals surface area contributed by atoms with E-state index in [4.69, 9.17) is 0 Å². The molecule has 0 saturated carbocycles. The fourth-order valence-electron chi connectivity index (χ4n) is 0.594. The second-order valence-electron chi connectivity index (χ2n) is 1.71. The third-order valence-electron chi connectivity index (χ3n) is 1.05. The van der Waals surface area contributed by atoms with E-state index in [-0.39, 0.29) is 11.6 Å². The van der Waals surface area contributed by atoms with Crippen LogP contribution in [0.4, 0.5) is 10.2 Å². The summed E-state index contributed by atoms with van der Waals surface area (Å²) in [5.74, 6) is -0.0833. The van der Waals surface area contributed by atoms with Gasteiger partial charge in [0, 0.05) is 7.05 Å². The Kier molecular flexibility index (Phi) is 2.21. The molecule has 0 fully saturated rings. The minimum atomic E-state index is -0.342. The molecule has 1 rings (SSSR count). The summed E-state index contributed by atoms with van der Waals surface area (Å²) in [6.07, 6.45) is 0. The number of pyridine rings is 1. The van der Waals surface area contributed by atoms with Crippen LogP contribution >= 0.6 is 15.9 Å². The predicted octanol–water partition coefficient (Wildman–Crippen LogP) is 2.02. The van der Waals surface area contributed by atoms with Crippen molar-refractivity contribution in [2.24, 2.45) is 0 Å². The van der Waals surface area contributed by atoms with Crippen molar-refractivity contribution >= 4 is 21.7 Å². The van der Waals surface area contributed by atoms with Crippen LogP contribution in [-0.2, 0) is 0 Å². The van der Waals surface area contributed by atoms with Gasteiger partial charge in [0.05, 0.1) is 0 Å². The molecule has 0 aliphatic heterocycles. The maximum Gasteiger partial charge on any atom is 0.165 e. The van der Waals surface area contributed by atoms with Crippen LogP contribution in [0.2, 0.25) is 0 Å². The summed E-state index contributed by atoms with van der Waals surface area (Å²) in [6.45, 7) is 0. The van der Waals surface area contributed by atoms with Gasteiger partial charge >= 0.3 is 0 Å². The molecule has 0 bridgehead atoms. The van der Waals surface area contributed by atoms with Crippen molar-refractivity contribution < 1.29 is 4.39 Å². The number of nitrogens with one attached hydrogen (secondary N) is 1. The fraction of sp³-hybridized carbons (Fsp3) is 0.167. The lowest BCUT2D eigenvalue weighted by Gasteiger charge is -1.99. The Balaban J connectivity index is 3.09. The molecule has 0 aromatic carbocycles. The Labute approximate surface area is 66.6 Å². The van der Waals surface area contributed by atoms with E-state index in [0.29, 0.717) is 4.60 Å². The number of hydrogen-bond acceptors (Lipinski definition) is 2. The Bertz CT molecular complexity index is 239. The van der Waals surface area contributed by atoms with Crippen molar-refractivity contribution in [3.63, 3.8) is 0 Å². The van der Waals surface area contributed by atoms with Crippen LogP contribution < -0.4 is 5.32 Å². The molecule has 54 valence electrons. The number of halogens is 2. The molecule has 0 aliphatic carbocycles. The lowest BCUT2D eigenvalue weighted by molar-refractivity contribution is 0.625. The highest BCUT2D eigenvalue weighted by molar-refractivity contribution is 9.10. The summed E-state index contributed by atoms with van der Waals surface area (Å²) in [5.41, 5.74) is 0. The Morgan fingerprint density at radius 2 is 2.30 bits per heavy atom. The molecule has 4 heteroatoms. The maximum absolute atomic E-state index is 12.6. The number of aromatic nitrogens is 1. The zero-order valence-corrected chi connectivity index (χ0v) is 6.94. The summed E-state index contributed by atoms with van der Waals surface area (Å²) < 4.78 is 13.2. The van der Waals surface area contributed by atoms with Gasteiger partial charge in [0.1, 0.15) is 4.60 Å². The van der Waals surface area contributed by atoms with Crippen LogP contribution in [-0.4, -0.2) is 12.0 Å². The fourth-order valence-corrected chi connectivity index (χ4v) is 0.903. The average Bonchev–Trinajstić information content (AvgIpc) is 1.94. The third kappa shape index (κ3) is 1.44. The van der Waals surface area contributed by atoms with E-state index in [0.717, 1.165) is 0 Å². The van der Waals surface area contributed by atoms with Gasteiger partial charge in [-0.25, -0.2) is 9.37 Å². The molecule has 0 unspecified atom stereocenters. The smallest absolute Gasteiger partial charge is 0.165 e. The zero-order chi connectivity index (χ0) is 7.56. The summed E-state index contributed by atoms with van der Waals surface area (Å²) in [5, 5.41) is 2.62. The van der Waals surface area contributed by atoms with Crippen LogP contribution in [0.3, 0.4) is 0 Å². The SMILES string of the molecule is CNc1nc(Br)ccc1F. The molecule has 0 aliphatic rings. The van der Waals surface area contributed by atoms with Gasteiger partial charge in [-0.15, -0.1) is 0 Å². The number of rotatable bonds is 1. The first-order valence-corrected chi connectivity index (χ1v) is 3.53. The van der Waals surface area contributed by atoms with Gasteiger partial charge in [0.25, 0.3) is 0 Å². The van der Waals surface area contributed by atoms with Crippen molar-refractivity contribution in [1.29, 1.82) is 0 Å². The second-order valence-corrected chi connectivity index (χ2v) is 2.53. The molecule has 2 nitrogen and oxygen atoms in total. The standard InChI is InChI=1S/C6H6BrFN2/c1-9-6-4(8)2-3-5(7)10-6/h2-3H,1H3,(H,9,10). The molecular weight excluding hydrogens is 199 g/mol. The second kappa shape index (κ2) is 2.96. The van der Waals surface area contributed by atoms with E-state index >= 15 is 0 Å². The zero-order valence-electron chi connectivity index (χ0n) is 5.36. The summed E-state index contributed by atoms with van der Waals surface area (Å²) in [7, 11) is 1.62. The minimum Gasteiger partial charge on any atom is -0.371 e. The van der Waals surface area contributed by atoms with E-state index in [1.807, 2.05) is 0 Å². The van der Waals surface area contributed by atoms with Crippen molar-refractivity contribution in [1.82, 2.24) is 4.98 Å². The van der Waals surface area contributed by atoms with Crippen molar-refractivity contribution in [2.75, 3.05) is 12.4 Å². The molecule has 0 saturated heterocycles. The average molecular weight is 205 g/mol. The third-order valence-corrected chi connectivity index (χ3v) is 1.49. The molecule has 0 amide bonds. The monoisotopic (exact) mass is 204 g/mol. The lowest BCUT2D eigenvalue weighted by atomic mass is 10.4. The van der Waals surface area contributed by atoms with Crippen LogP contribution in [0.15, 0.2) is 16.7 Å². The van der Waals surface area contributed by atoms with E-state index in [2.05, 4.69) is 26.2 Å². The first-order chi connectivity index (χ1) is 4.74. The Morgan fingerprint density at radius 1 is 1.60 bits per heavy atom. The number of nitrogens with zero attached hydrogens (tertiary/aromatic N) is 1. The van der Waals surface area contributed by atoms with Crippen LogP contribution in [0.25, 0.3) is 0 Å². The van der Waals surface area contributed by atoms with E-state index in [1.165, 1.54) is 6.07 Å². The van der Waals surface area contributed by atoms with Crippen LogP contribution in [0, 0.1) is 5.82 Å². The summed E-state index contributed by atoms with van der Waals surface area (Å²) >= 11 is 3.12. The molecule has 0 atom stereocenters. The van der Waals surface area contributed by atoms with Crippen molar-refractivity contribution in [3.05, 3.63) is 22.6 Å². The molecule has 1 aromatic rings. The van der Waals surface area contributed by atoms with Gasteiger partial charge in [-0.2, -0.15) is 0 Å². The highest BCUT2D eigenvalue weighted by Gasteiger charge is 1.99. The topological polar surface area (TPSA) is 24.9 Å². The maximum atomic E-state index is 12.6. The molecule has 0 spiro atoms. The van der Waals surface area contributed by atoms with Gasteiger partial charge in [-0.1, -0.05) is 0 Å². The largest absolute Gasteiger partial charge is 0.371 e. The first kappa shape index (κ1) is 7.47. The van der Waals surface area contributed by atoms with Crippen LogP contribution in [0.1, 0.15) is 0 Å². The Hall–Kier alpha value is -0.640. The number of hydrogen-bond donors (Lipinski definition) is 1. The normalized spacial score (nSPS) is 9.50. The van der Waals surface area contributed by atoms with E-state index in [9.17, 15) is 4.39 Å². The van der Waals surface area contributed by atoms with Crippen molar-refractivity contribution in [2.45, 2.75) is 0 Å². The quantitative estimate of drug-likeness (QED) is 0.709. The van der Waals surface area contributed by atoms with Gasteiger partial charge in [-0.3, -0.25) is 0 Å². The molecule has 10 heavy (non-hydrogen) atoms. The van der Waals surface area contributed by atoms with Gasteiger partial charge in [0.15, 0.2) is 11.6 Å². The molecule has 0 radical (unpaired) electrons. The number of anilines is 1. The molecule has 1 N–H and O–H groups in total. The molecule has 1 aromatic heterocycles. The Morgan fingerprint density at radius 3 is 2.80 bits per heavy atom. The van der Waals surface area contributed by atoms with Gasteiger partial charge < -0.3 is 5.32 Å².